The number of hydrogen-bond acceptors (Lipinski definition) is 5. The molecule has 0 aliphatic carbocycles. The molecule has 0 atom stereocenters. The van der Waals surface area contributed by atoms with Gasteiger partial charge in [-0.25, -0.2) is 4.68 Å². The molecule has 0 saturated carbocycles. The van der Waals surface area contributed by atoms with E-state index in [-0.39, 0.29) is 29.9 Å². The number of amides is 1. The van der Waals surface area contributed by atoms with Crippen molar-refractivity contribution in [3.8, 4) is 23.1 Å². The van der Waals surface area contributed by atoms with E-state index in [1.54, 1.807) is 36.4 Å². The van der Waals surface area contributed by atoms with Gasteiger partial charge in [0.25, 0.3) is 5.91 Å². The molecule has 0 aliphatic heterocycles. The van der Waals surface area contributed by atoms with Crippen LogP contribution < -0.4 is 10.1 Å². The summed E-state index contributed by atoms with van der Waals surface area (Å²) >= 11 is 0. The van der Waals surface area contributed by atoms with Gasteiger partial charge in [0.15, 0.2) is 5.82 Å². The number of aromatic nitrogens is 3. The summed E-state index contributed by atoms with van der Waals surface area (Å²) in [6.45, 7) is 4.78. The van der Waals surface area contributed by atoms with Gasteiger partial charge in [-0.15, -0.1) is 5.10 Å². The van der Waals surface area contributed by atoms with Crippen LogP contribution in [0.3, 0.4) is 0 Å². The molecule has 1 N–H and O–H groups in total. The summed E-state index contributed by atoms with van der Waals surface area (Å²) in [7, 11) is 0. The molecule has 4 aromatic rings. The second kappa shape index (κ2) is 11.3. The first-order chi connectivity index (χ1) is 17.7. The van der Waals surface area contributed by atoms with Crippen LogP contribution in [-0.4, -0.2) is 40.5 Å². The fourth-order valence-electron chi connectivity index (χ4n) is 3.52. The van der Waals surface area contributed by atoms with E-state index in [0.29, 0.717) is 30.2 Å². The largest absolute Gasteiger partial charge is 0.460 e. The third-order valence-electron chi connectivity index (χ3n) is 5.36. The molecule has 0 aliphatic rings. The van der Waals surface area contributed by atoms with E-state index < -0.39 is 11.7 Å². The van der Waals surface area contributed by atoms with Gasteiger partial charge in [0.1, 0.15) is 6.61 Å². The van der Waals surface area contributed by atoms with Crippen LogP contribution in [0.15, 0.2) is 72.8 Å². The molecule has 0 unspecified atom stereocenters. The molecule has 0 saturated heterocycles. The lowest BCUT2D eigenvalue weighted by Crippen LogP contribution is -2.12. The fraction of sp³-hybridized carbons (Fsp3) is 0.222. The normalized spacial score (nSPS) is 11.4. The first-order valence-corrected chi connectivity index (χ1v) is 11.6. The Morgan fingerprint density at radius 2 is 1.76 bits per heavy atom. The molecular weight excluding hydrogens is 485 g/mol. The zero-order valence-corrected chi connectivity index (χ0v) is 20.2. The lowest BCUT2D eigenvalue weighted by atomic mass is 10.1. The van der Waals surface area contributed by atoms with Gasteiger partial charge in [-0.3, -0.25) is 4.79 Å². The summed E-state index contributed by atoms with van der Waals surface area (Å²) in [5.74, 6) is -0.145. The number of hydrogen-bond donors (Lipinski definition) is 1. The van der Waals surface area contributed by atoms with E-state index in [1.165, 1.54) is 16.8 Å². The Hall–Kier alpha value is -4.18. The molecule has 192 valence electrons. The molecule has 1 heterocycles. The Labute approximate surface area is 211 Å². The van der Waals surface area contributed by atoms with Gasteiger partial charge in [0, 0.05) is 23.4 Å². The number of anilines is 1. The Morgan fingerprint density at radius 3 is 2.49 bits per heavy atom. The third-order valence-corrected chi connectivity index (χ3v) is 5.36. The summed E-state index contributed by atoms with van der Waals surface area (Å²) in [6, 6.07) is 18.7. The highest BCUT2D eigenvalue weighted by Gasteiger charge is 2.31. The monoisotopic (exact) mass is 510 g/mol. The summed E-state index contributed by atoms with van der Waals surface area (Å²) in [4.78, 5) is 17.0. The van der Waals surface area contributed by atoms with E-state index in [1.807, 2.05) is 26.0 Å². The number of alkyl halides is 3. The molecular formula is C27H25F3N4O3. The Morgan fingerprint density at radius 1 is 1.00 bits per heavy atom. The summed E-state index contributed by atoms with van der Waals surface area (Å²) in [6.07, 6.45) is -4.52. The summed E-state index contributed by atoms with van der Waals surface area (Å²) < 4.78 is 52.3. The average Bonchev–Trinajstić information content (AvgIpc) is 3.31. The van der Waals surface area contributed by atoms with Crippen molar-refractivity contribution in [2.75, 3.05) is 25.1 Å². The molecule has 1 amide bonds. The maximum atomic E-state index is 13.4. The summed E-state index contributed by atoms with van der Waals surface area (Å²) in [5.41, 5.74) is 1.87. The van der Waals surface area contributed by atoms with Crippen LogP contribution in [0.2, 0.25) is 0 Å². The molecule has 1 aromatic heterocycles. The minimum absolute atomic E-state index is 0.0128. The standard InChI is InChI=1S/C27H25F3N4O3/c1-3-36-14-15-37-26-32-24(20-6-4-7-21(16-20)27(28,29)30)34(33-26)23-9-5-8-22(17-23)31-25(35)19-12-10-18(2)11-13-19/h4-13,16-17H,3,14-15H2,1-2H3,(H,31,35). The zero-order valence-electron chi connectivity index (χ0n) is 20.2. The van der Waals surface area contributed by atoms with Gasteiger partial charge >= 0.3 is 12.2 Å². The number of benzene rings is 3. The lowest BCUT2D eigenvalue weighted by Gasteiger charge is -2.11. The second-order valence-electron chi connectivity index (χ2n) is 8.12. The number of carbonyl (C=O) groups excluding carboxylic acids is 1. The van der Waals surface area contributed by atoms with Gasteiger partial charge in [-0.05, 0) is 56.3 Å². The van der Waals surface area contributed by atoms with E-state index in [0.717, 1.165) is 17.7 Å². The van der Waals surface area contributed by atoms with Crippen LogP contribution in [0.5, 0.6) is 6.01 Å². The molecule has 10 heteroatoms. The highest BCUT2D eigenvalue weighted by Crippen LogP contribution is 2.33. The highest BCUT2D eigenvalue weighted by molar-refractivity contribution is 6.04. The van der Waals surface area contributed by atoms with Crippen LogP contribution in [0.1, 0.15) is 28.4 Å². The zero-order chi connectivity index (χ0) is 26.4. The topological polar surface area (TPSA) is 78.3 Å². The van der Waals surface area contributed by atoms with E-state index >= 15 is 0 Å². The molecule has 7 nitrogen and oxygen atoms in total. The Balaban J connectivity index is 1.68. The highest BCUT2D eigenvalue weighted by atomic mass is 19.4. The molecule has 0 spiro atoms. The van der Waals surface area contributed by atoms with Crippen molar-refractivity contribution in [3.63, 3.8) is 0 Å². The number of rotatable bonds is 9. The predicted octanol–water partition coefficient (Wildman–Crippen LogP) is 5.93. The number of carbonyl (C=O) groups is 1. The van der Waals surface area contributed by atoms with Gasteiger partial charge in [-0.1, -0.05) is 35.9 Å². The maximum absolute atomic E-state index is 13.4. The predicted molar refractivity (Wildman–Crippen MR) is 133 cm³/mol. The summed E-state index contributed by atoms with van der Waals surface area (Å²) in [5, 5.41) is 7.20. The van der Waals surface area contributed by atoms with Crippen LogP contribution in [0, 0.1) is 6.92 Å². The van der Waals surface area contributed by atoms with Crippen molar-refractivity contribution < 1.29 is 27.4 Å². The SMILES string of the molecule is CCOCCOc1nc(-c2cccc(C(F)(F)F)c2)n(-c2cccc(NC(=O)c3ccc(C)cc3)c2)n1. The smallest absolute Gasteiger partial charge is 0.416 e. The molecule has 37 heavy (non-hydrogen) atoms. The second-order valence-corrected chi connectivity index (χ2v) is 8.12. The Bertz CT molecular complexity index is 1370. The molecule has 4 rings (SSSR count). The quantitative estimate of drug-likeness (QED) is 0.283. The van der Waals surface area contributed by atoms with Gasteiger partial charge < -0.3 is 14.8 Å². The van der Waals surface area contributed by atoms with Gasteiger partial charge in [-0.2, -0.15) is 18.2 Å². The number of halogens is 3. The number of aryl methyl sites for hydroxylation is 1. The third kappa shape index (κ3) is 6.53. The lowest BCUT2D eigenvalue weighted by molar-refractivity contribution is -0.137. The average molecular weight is 511 g/mol. The maximum Gasteiger partial charge on any atom is 0.416 e. The minimum Gasteiger partial charge on any atom is -0.460 e. The van der Waals surface area contributed by atoms with E-state index in [2.05, 4.69) is 15.4 Å². The van der Waals surface area contributed by atoms with Crippen LogP contribution >= 0.6 is 0 Å². The minimum atomic E-state index is -4.52. The first kappa shape index (κ1) is 25.9. The van der Waals surface area contributed by atoms with Crippen LogP contribution in [0.4, 0.5) is 18.9 Å². The molecule has 0 radical (unpaired) electrons. The number of nitrogens with one attached hydrogen (secondary N) is 1. The van der Waals surface area contributed by atoms with Gasteiger partial charge in [0.2, 0.25) is 0 Å². The van der Waals surface area contributed by atoms with Crippen molar-refractivity contribution >= 4 is 11.6 Å². The fourth-order valence-corrected chi connectivity index (χ4v) is 3.52. The van der Waals surface area contributed by atoms with E-state index in [9.17, 15) is 18.0 Å². The van der Waals surface area contributed by atoms with Crippen molar-refractivity contribution in [1.82, 2.24) is 14.8 Å². The van der Waals surface area contributed by atoms with Crippen LogP contribution in [-0.2, 0) is 10.9 Å². The Kier molecular flexibility index (Phi) is 7.88. The van der Waals surface area contributed by atoms with Gasteiger partial charge in [0.05, 0.1) is 17.9 Å². The van der Waals surface area contributed by atoms with Crippen molar-refractivity contribution in [3.05, 3.63) is 89.5 Å². The van der Waals surface area contributed by atoms with Crippen molar-refractivity contribution in [1.29, 1.82) is 0 Å². The van der Waals surface area contributed by atoms with Crippen molar-refractivity contribution in [2.24, 2.45) is 0 Å². The number of ether oxygens (including phenoxy) is 2. The molecule has 0 fully saturated rings. The first-order valence-electron chi connectivity index (χ1n) is 11.6. The number of nitrogens with zero attached hydrogens (tertiary/aromatic N) is 3. The van der Waals surface area contributed by atoms with Crippen molar-refractivity contribution in [2.45, 2.75) is 20.0 Å². The molecule has 0 bridgehead atoms. The van der Waals surface area contributed by atoms with E-state index in [4.69, 9.17) is 9.47 Å². The van der Waals surface area contributed by atoms with Crippen LogP contribution in [0.25, 0.3) is 17.1 Å². The molecule has 3 aromatic carbocycles.